The van der Waals surface area contributed by atoms with Gasteiger partial charge in [-0.05, 0) is 6.07 Å². The van der Waals surface area contributed by atoms with E-state index in [1.165, 1.54) is 27.4 Å². The van der Waals surface area contributed by atoms with E-state index >= 15 is 0 Å². The van der Waals surface area contributed by atoms with E-state index in [-0.39, 0.29) is 17.9 Å². The van der Waals surface area contributed by atoms with Crippen molar-refractivity contribution in [2.75, 3.05) is 40.3 Å². The van der Waals surface area contributed by atoms with Crippen LogP contribution in [0.25, 0.3) is 0 Å². The molecule has 1 aromatic rings. The summed E-state index contributed by atoms with van der Waals surface area (Å²) in [5.74, 6) is 0.300. The van der Waals surface area contributed by atoms with Crippen molar-refractivity contribution in [2.24, 2.45) is 0 Å². The Bertz CT molecular complexity index is 419. The molecular weight excluding hydrogens is 238 g/mol. The molecule has 18 heavy (non-hydrogen) atoms. The molecule has 1 rings (SSSR count). The first-order valence-electron chi connectivity index (χ1n) is 5.31. The van der Waals surface area contributed by atoms with Gasteiger partial charge in [0, 0.05) is 13.2 Å². The van der Waals surface area contributed by atoms with E-state index in [0.29, 0.717) is 18.1 Å². The molecule has 0 spiro atoms. The van der Waals surface area contributed by atoms with Crippen LogP contribution in [0.2, 0.25) is 0 Å². The van der Waals surface area contributed by atoms with Gasteiger partial charge < -0.3 is 24.7 Å². The lowest BCUT2D eigenvalue weighted by Gasteiger charge is -2.12. The van der Waals surface area contributed by atoms with Gasteiger partial charge in [0.05, 0.1) is 32.1 Å². The number of esters is 1. The van der Waals surface area contributed by atoms with Crippen LogP contribution >= 0.6 is 0 Å². The van der Waals surface area contributed by atoms with Crippen LogP contribution in [0, 0.1) is 0 Å². The van der Waals surface area contributed by atoms with Crippen LogP contribution in [-0.4, -0.2) is 40.5 Å². The van der Waals surface area contributed by atoms with Crippen LogP contribution in [0.15, 0.2) is 12.1 Å². The minimum atomic E-state index is -0.540. The monoisotopic (exact) mass is 255 g/mol. The van der Waals surface area contributed by atoms with Crippen molar-refractivity contribution >= 4 is 11.7 Å². The zero-order valence-electron chi connectivity index (χ0n) is 10.7. The third-order valence-corrected chi connectivity index (χ3v) is 2.31. The van der Waals surface area contributed by atoms with Gasteiger partial charge in [-0.3, -0.25) is 0 Å². The molecule has 6 nitrogen and oxygen atoms in total. The van der Waals surface area contributed by atoms with E-state index < -0.39 is 5.97 Å². The standard InChI is InChI=1S/C12H17NO5/c1-15-4-5-18-12(14)9-6-8(16-2)7-10(17-3)11(9)13/h6-7H,4-5,13H2,1-3H3. The SMILES string of the molecule is COCCOC(=O)c1cc(OC)cc(OC)c1N. The summed E-state index contributed by atoms with van der Waals surface area (Å²) < 4.78 is 19.9. The molecule has 0 atom stereocenters. The highest BCUT2D eigenvalue weighted by molar-refractivity contribution is 5.97. The summed E-state index contributed by atoms with van der Waals surface area (Å²) in [6.07, 6.45) is 0. The molecule has 0 aliphatic heterocycles. The summed E-state index contributed by atoms with van der Waals surface area (Å²) in [6.45, 7) is 0.487. The highest BCUT2D eigenvalue weighted by Crippen LogP contribution is 2.31. The minimum absolute atomic E-state index is 0.161. The number of anilines is 1. The van der Waals surface area contributed by atoms with Crippen LogP contribution < -0.4 is 15.2 Å². The molecule has 0 aliphatic rings. The number of benzene rings is 1. The van der Waals surface area contributed by atoms with Crippen molar-refractivity contribution in [3.05, 3.63) is 17.7 Å². The van der Waals surface area contributed by atoms with Gasteiger partial charge in [-0.2, -0.15) is 0 Å². The second kappa shape index (κ2) is 6.70. The number of methoxy groups -OCH3 is 3. The fourth-order valence-corrected chi connectivity index (χ4v) is 1.35. The van der Waals surface area contributed by atoms with E-state index in [2.05, 4.69) is 0 Å². The first-order chi connectivity index (χ1) is 8.63. The number of rotatable bonds is 6. The quantitative estimate of drug-likeness (QED) is 0.465. The van der Waals surface area contributed by atoms with E-state index in [1.54, 1.807) is 6.07 Å². The van der Waals surface area contributed by atoms with Crippen molar-refractivity contribution in [1.82, 2.24) is 0 Å². The predicted molar refractivity (Wildman–Crippen MR) is 66.1 cm³/mol. The number of hydrogen-bond donors (Lipinski definition) is 1. The van der Waals surface area contributed by atoms with Gasteiger partial charge in [-0.15, -0.1) is 0 Å². The van der Waals surface area contributed by atoms with Gasteiger partial charge in [0.15, 0.2) is 0 Å². The summed E-state index contributed by atoms with van der Waals surface area (Å²) in [7, 11) is 4.48. The van der Waals surface area contributed by atoms with E-state index in [9.17, 15) is 4.79 Å². The summed E-state index contributed by atoms with van der Waals surface area (Å²) >= 11 is 0. The molecule has 0 bridgehead atoms. The van der Waals surface area contributed by atoms with E-state index in [0.717, 1.165) is 0 Å². The van der Waals surface area contributed by atoms with Gasteiger partial charge in [0.1, 0.15) is 18.1 Å². The maximum atomic E-state index is 11.8. The molecular formula is C12H17NO5. The maximum Gasteiger partial charge on any atom is 0.340 e. The van der Waals surface area contributed by atoms with Crippen LogP contribution in [0.1, 0.15) is 10.4 Å². The smallest absolute Gasteiger partial charge is 0.340 e. The summed E-state index contributed by atoms with van der Waals surface area (Å²) in [5, 5.41) is 0. The molecule has 0 heterocycles. The molecule has 0 unspecified atom stereocenters. The Kier molecular flexibility index (Phi) is 5.26. The predicted octanol–water partition coefficient (Wildman–Crippen LogP) is 1.09. The topological polar surface area (TPSA) is 80.0 Å². The highest BCUT2D eigenvalue weighted by atomic mass is 16.6. The van der Waals surface area contributed by atoms with Crippen molar-refractivity contribution in [3.8, 4) is 11.5 Å². The fourth-order valence-electron chi connectivity index (χ4n) is 1.35. The largest absolute Gasteiger partial charge is 0.497 e. The van der Waals surface area contributed by atoms with Gasteiger partial charge in [0.25, 0.3) is 0 Å². The molecule has 0 amide bonds. The fraction of sp³-hybridized carbons (Fsp3) is 0.417. The lowest BCUT2D eigenvalue weighted by Crippen LogP contribution is -2.12. The first kappa shape index (κ1) is 14.1. The zero-order chi connectivity index (χ0) is 13.5. The number of ether oxygens (including phenoxy) is 4. The summed E-state index contributed by atoms with van der Waals surface area (Å²) in [5.41, 5.74) is 6.24. The van der Waals surface area contributed by atoms with Crippen molar-refractivity contribution in [1.29, 1.82) is 0 Å². The first-order valence-corrected chi connectivity index (χ1v) is 5.31. The molecule has 1 aromatic carbocycles. The highest BCUT2D eigenvalue weighted by Gasteiger charge is 2.17. The number of nitrogens with two attached hydrogens (primary N) is 1. The Morgan fingerprint density at radius 1 is 1.17 bits per heavy atom. The molecule has 0 saturated heterocycles. The molecule has 0 fully saturated rings. The number of carbonyl (C=O) groups is 1. The lowest BCUT2D eigenvalue weighted by atomic mass is 10.1. The normalized spacial score (nSPS) is 9.94. The Labute approximate surface area is 106 Å². The summed E-state index contributed by atoms with van der Waals surface area (Å²) in [6, 6.07) is 3.11. The average Bonchev–Trinajstić information content (AvgIpc) is 2.39. The Morgan fingerprint density at radius 2 is 1.89 bits per heavy atom. The molecule has 0 aromatic heterocycles. The molecule has 6 heteroatoms. The molecule has 0 saturated carbocycles. The third kappa shape index (κ3) is 3.27. The van der Waals surface area contributed by atoms with Crippen LogP contribution in [-0.2, 0) is 9.47 Å². The van der Waals surface area contributed by atoms with Crippen LogP contribution in [0.5, 0.6) is 11.5 Å². The van der Waals surface area contributed by atoms with Crippen LogP contribution in [0.3, 0.4) is 0 Å². The zero-order valence-corrected chi connectivity index (χ0v) is 10.7. The summed E-state index contributed by atoms with van der Waals surface area (Å²) in [4.78, 5) is 11.8. The Balaban J connectivity index is 2.95. The molecule has 0 radical (unpaired) electrons. The van der Waals surface area contributed by atoms with Gasteiger partial charge >= 0.3 is 5.97 Å². The molecule has 0 aliphatic carbocycles. The Morgan fingerprint density at radius 3 is 2.44 bits per heavy atom. The molecule has 2 N–H and O–H groups in total. The Hall–Kier alpha value is -1.95. The average molecular weight is 255 g/mol. The minimum Gasteiger partial charge on any atom is -0.497 e. The maximum absolute atomic E-state index is 11.8. The van der Waals surface area contributed by atoms with Crippen molar-refractivity contribution in [2.45, 2.75) is 0 Å². The molecule has 100 valence electrons. The van der Waals surface area contributed by atoms with Crippen molar-refractivity contribution < 1.29 is 23.7 Å². The van der Waals surface area contributed by atoms with Crippen LogP contribution in [0.4, 0.5) is 5.69 Å². The van der Waals surface area contributed by atoms with Gasteiger partial charge in [-0.1, -0.05) is 0 Å². The van der Waals surface area contributed by atoms with Gasteiger partial charge in [-0.25, -0.2) is 4.79 Å². The van der Waals surface area contributed by atoms with E-state index in [4.69, 9.17) is 24.7 Å². The number of hydrogen-bond acceptors (Lipinski definition) is 6. The second-order valence-electron chi connectivity index (χ2n) is 3.42. The number of carbonyl (C=O) groups excluding carboxylic acids is 1. The van der Waals surface area contributed by atoms with Gasteiger partial charge in [0.2, 0.25) is 0 Å². The van der Waals surface area contributed by atoms with Crippen molar-refractivity contribution in [3.63, 3.8) is 0 Å². The van der Waals surface area contributed by atoms with E-state index in [1.807, 2.05) is 0 Å². The second-order valence-corrected chi connectivity index (χ2v) is 3.42. The third-order valence-electron chi connectivity index (χ3n) is 2.31. The lowest BCUT2D eigenvalue weighted by molar-refractivity contribution is 0.0388. The number of nitrogen functional groups attached to an aromatic ring is 1.